The van der Waals surface area contributed by atoms with Crippen molar-refractivity contribution in [3.63, 3.8) is 0 Å². The fourth-order valence-electron chi connectivity index (χ4n) is 2.51. The van der Waals surface area contributed by atoms with Crippen LogP contribution in [0.3, 0.4) is 0 Å². The van der Waals surface area contributed by atoms with Crippen molar-refractivity contribution in [2.24, 2.45) is 11.8 Å². The van der Waals surface area contributed by atoms with Crippen LogP contribution in [0.2, 0.25) is 0 Å². The summed E-state index contributed by atoms with van der Waals surface area (Å²) < 4.78 is 0. The first-order valence-corrected chi connectivity index (χ1v) is 7.62. The Bertz CT molecular complexity index is 475. The highest BCUT2D eigenvalue weighted by atomic mass is 32.1. The van der Waals surface area contributed by atoms with E-state index < -0.39 is 11.9 Å². The topological polar surface area (TPSA) is 60.9 Å². The Balaban J connectivity index is 1.86. The monoisotopic (exact) mass is 296 g/mol. The second-order valence-corrected chi connectivity index (χ2v) is 6.39. The minimum atomic E-state index is -0.811. The van der Waals surface area contributed by atoms with Crippen LogP contribution in [0.15, 0.2) is 17.5 Å². The zero-order valence-electron chi connectivity index (χ0n) is 11.8. The van der Waals surface area contributed by atoms with Crippen LogP contribution in [0.5, 0.6) is 0 Å². The third-order valence-electron chi connectivity index (χ3n) is 3.80. The maximum Gasteiger partial charge on any atom is 0.319 e. The van der Waals surface area contributed by atoms with Crippen molar-refractivity contribution in [2.45, 2.75) is 13.3 Å². The average Bonchev–Trinajstić information content (AvgIpc) is 3.04. The van der Waals surface area contributed by atoms with Crippen LogP contribution in [-0.2, 0) is 11.2 Å². The number of likely N-dealkylation sites (N-methyl/N-ethyl adjacent to an activating group) is 1. The van der Waals surface area contributed by atoms with Crippen molar-refractivity contribution in [3.8, 4) is 0 Å². The molecule has 20 heavy (non-hydrogen) atoms. The quantitative estimate of drug-likeness (QED) is 0.924. The summed E-state index contributed by atoms with van der Waals surface area (Å²) in [7, 11) is 1.77. The molecule has 1 N–H and O–H groups in total. The molecule has 0 spiro atoms. The highest BCUT2D eigenvalue weighted by Gasteiger charge is 2.37. The van der Waals surface area contributed by atoms with Gasteiger partial charge >= 0.3 is 12.0 Å². The highest BCUT2D eigenvalue weighted by molar-refractivity contribution is 7.09. The van der Waals surface area contributed by atoms with Crippen LogP contribution in [0.25, 0.3) is 0 Å². The lowest BCUT2D eigenvalue weighted by molar-refractivity contribution is -0.142. The summed E-state index contributed by atoms with van der Waals surface area (Å²) in [4.78, 5) is 27.9. The van der Waals surface area contributed by atoms with Crippen molar-refractivity contribution < 1.29 is 14.7 Å². The van der Waals surface area contributed by atoms with Gasteiger partial charge in [-0.3, -0.25) is 4.79 Å². The lowest BCUT2D eigenvalue weighted by Crippen LogP contribution is -2.41. The first-order valence-electron chi connectivity index (χ1n) is 6.74. The molecule has 1 saturated heterocycles. The van der Waals surface area contributed by atoms with Crippen LogP contribution in [0, 0.1) is 11.8 Å². The second kappa shape index (κ2) is 6.26. The van der Waals surface area contributed by atoms with Gasteiger partial charge in [0.25, 0.3) is 0 Å². The fraction of sp³-hybridized carbons (Fsp3) is 0.571. The van der Waals surface area contributed by atoms with E-state index in [4.69, 9.17) is 5.11 Å². The Morgan fingerprint density at radius 1 is 1.50 bits per heavy atom. The molecule has 0 unspecified atom stereocenters. The molecule has 0 saturated carbocycles. The SMILES string of the molecule is C[C@@H]1CN(C(=O)N(C)CCc2cccs2)C[C@H]1C(=O)O. The van der Waals surface area contributed by atoms with E-state index in [-0.39, 0.29) is 11.9 Å². The lowest BCUT2D eigenvalue weighted by atomic mass is 9.99. The van der Waals surface area contributed by atoms with Gasteiger partial charge in [-0.05, 0) is 23.8 Å². The van der Waals surface area contributed by atoms with Crippen molar-refractivity contribution >= 4 is 23.3 Å². The maximum absolute atomic E-state index is 12.3. The fourth-order valence-corrected chi connectivity index (χ4v) is 3.21. The zero-order chi connectivity index (χ0) is 14.7. The van der Waals surface area contributed by atoms with Crippen LogP contribution in [-0.4, -0.2) is 53.6 Å². The summed E-state index contributed by atoms with van der Waals surface area (Å²) in [6.07, 6.45) is 0.839. The summed E-state index contributed by atoms with van der Waals surface area (Å²) in [5.74, 6) is -1.24. The number of rotatable bonds is 4. The summed E-state index contributed by atoms with van der Waals surface area (Å²) in [5, 5.41) is 11.1. The minimum absolute atomic E-state index is 0.0159. The van der Waals surface area contributed by atoms with E-state index in [2.05, 4.69) is 6.07 Å². The lowest BCUT2D eigenvalue weighted by Gasteiger charge is -2.24. The van der Waals surface area contributed by atoms with Crippen molar-refractivity contribution in [2.75, 3.05) is 26.7 Å². The molecule has 1 aliphatic heterocycles. The van der Waals surface area contributed by atoms with E-state index in [1.165, 1.54) is 4.88 Å². The third kappa shape index (κ3) is 3.30. The minimum Gasteiger partial charge on any atom is -0.481 e. The number of nitrogens with zero attached hydrogens (tertiary/aromatic N) is 2. The molecule has 1 aromatic rings. The number of carbonyl (C=O) groups excluding carboxylic acids is 1. The molecule has 2 rings (SSSR count). The normalized spacial score (nSPS) is 22.0. The van der Waals surface area contributed by atoms with Gasteiger partial charge in [-0.15, -0.1) is 11.3 Å². The van der Waals surface area contributed by atoms with Gasteiger partial charge < -0.3 is 14.9 Å². The first-order chi connectivity index (χ1) is 9.49. The Kier molecular flexibility index (Phi) is 4.65. The molecule has 2 amide bonds. The molecule has 2 heterocycles. The predicted octanol–water partition coefficient (Wildman–Crippen LogP) is 1.99. The predicted molar refractivity (Wildman–Crippen MR) is 77.9 cm³/mol. The second-order valence-electron chi connectivity index (χ2n) is 5.36. The number of carbonyl (C=O) groups is 2. The molecule has 6 heteroatoms. The highest BCUT2D eigenvalue weighted by Crippen LogP contribution is 2.24. The van der Waals surface area contributed by atoms with E-state index in [1.807, 2.05) is 18.4 Å². The molecule has 0 aliphatic carbocycles. The summed E-state index contributed by atoms with van der Waals surface area (Å²) in [6, 6.07) is 3.99. The van der Waals surface area contributed by atoms with E-state index in [9.17, 15) is 9.59 Å². The number of aliphatic carboxylic acids is 1. The zero-order valence-corrected chi connectivity index (χ0v) is 12.6. The number of amides is 2. The molecule has 1 aliphatic rings. The van der Waals surface area contributed by atoms with Crippen molar-refractivity contribution in [1.82, 2.24) is 9.80 Å². The molecule has 2 atom stereocenters. The van der Waals surface area contributed by atoms with Gasteiger partial charge in [0.1, 0.15) is 0 Å². The first kappa shape index (κ1) is 14.8. The van der Waals surface area contributed by atoms with Gasteiger partial charge in [-0.2, -0.15) is 0 Å². The Morgan fingerprint density at radius 3 is 2.80 bits per heavy atom. The molecule has 0 aromatic carbocycles. The molecule has 1 aromatic heterocycles. The van der Waals surface area contributed by atoms with E-state index in [1.54, 1.807) is 28.2 Å². The van der Waals surface area contributed by atoms with Gasteiger partial charge in [0.2, 0.25) is 0 Å². The van der Waals surface area contributed by atoms with Crippen LogP contribution in [0.4, 0.5) is 4.79 Å². The van der Waals surface area contributed by atoms with Gasteiger partial charge in [0.05, 0.1) is 5.92 Å². The Hall–Kier alpha value is -1.56. The summed E-state index contributed by atoms with van der Waals surface area (Å²) in [6.45, 7) is 3.39. The van der Waals surface area contributed by atoms with Crippen molar-refractivity contribution in [1.29, 1.82) is 0 Å². The van der Waals surface area contributed by atoms with Crippen LogP contribution in [0.1, 0.15) is 11.8 Å². The number of carboxylic acid groups (broad SMARTS) is 1. The number of hydrogen-bond donors (Lipinski definition) is 1. The van der Waals surface area contributed by atoms with Crippen LogP contribution >= 0.6 is 11.3 Å². The molecule has 0 bridgehead atoms. The molecule has 110 valence electrons. The van der Waals surface area contributed by atoms with E-state index in [0.717, 1.165) is 6.42 Å². The van der Waals surface area contributed by atoms with Crippen molar-refractivity contribution in [3.05, 3.63) is 22.4 Å². The van der Waals surface area contributed by atoms with Gasteiger partial charge in [0, 0.05) is 31.6 Å². The van der Waals surface area contributed by atoms with Gasteiger partial charge in [-0.25, -0.2) is 4.79 Å². The summed E-state index contributed by atoms with van der Waals surface area (Å²) >= 11 is 1.68. The maximum atomic E-state index is 12.3. The number of carboxylic acids is 1. The third-order valence-corrected chi connectivity index (χ3v) is 4.74. The molecular formula is C14H20N2O3S. The van der Waals surface area contributed by atoms with E-state index >= 15 is 0 Å². The molecule has 0 radical (unpaired) electrons. The van der Waals surface area contributed by atoms with E-state index in [0.29, 0.717) is 19.6 Å². The molecule has 1 fully saturated rings. The standard InChI is InChI=1S/C14H20N2O3S/c1-10-8-16(9-12(10)13(17)18)14(19)15(2)6-5-11-4-3-7-20-11/h3-4,7,10,12H,5-6,8-9H2,1-2H3,(H,17,18)/t10-,12-/m1/s1. The average molecular weight is 296 g/mol. The van der Waals surface area contributed by atoms with Gasteiger partial charge in [0.15, 0.2) is 0 Å². The number of hydrogen-bond acceptors (Lipinski definition) is 3. The Labute approximate surface area is 122 Å². The number of thiophene rings is 1. The largest absolute Gasteiger partial charge is 0.481 e. The Morgan fingerprint density at radius 2 is 2.25 bits per heavy atom. The molecule has 5 nitrogen and oxygen atoms in total. The number of likely N-dealkylation sites (tertiary alicyclic amines) is 1. The smallest absolute Gasteiger partial charge is 0.319 e. The molecular weight excluding hydrogens is 276 g/mol. The number of urea groups is 1. The van der Waals surface area contributed by atoms with Gasteiger partial charge in [-0.1, -0.05) is 13.0 Å². The van der Waals surface area contributed by atoms with Crippen LogP contribution < -0.4 is 0 Å². The summed E-state index contributed by atoms with van der Waals surface area (Å²) in [5.41, 5.74) is 0.